The number of cyclic esters (lactones) is 1. The van der Waals surface area contributed by atoms with E-state index in [0.29, 0.717) is 12.8 Å². The number of carbonyl (C=O) groups excluding carboxylic acids is 2. The van der Waals surface area contributed by atoms with E-state index >= 15 is 0 Å². The van der Waals surface area contributed by atoms with E-state index in [-0.39, 0.29) is 48.7 Å². The molecule has 0 saturated carbocycles. The molecule has 8 atom stereocenters. The summed E-state index contributed by atoms with van der Waals surface area (Å²) in [6.45, 7) is 8.94. The lowest BCUT2D eigenvalue weighted by atomic mass is 9.66. The molecule has 10 heteroatoms. The Labute approximate surface area is 241 Å². The predicted octanol–water partition coefficient (Wildman–Crippen LogP) is 3.92. The highest BCUT2D eigenvalue weighted by Crippen LogP contribution is 2.56. The first kappa shape index (κ1) is 31.3. The van der Waals surface area contributed by atoms with Gasteiger partial charge in [-0.3, -0.25) is 4.79 Å². The number of carbonyl (C=O) groups is 2. The van der Waals surface area contributed by atoms with E-state index in [0.717, 1.165) is 11.6 Å². The lowest BCUT2D eigenvalue weighted by Gasteiger charge is -2.59. The van der Waals surface area contributed by atoms with Crippen LogP contribution < -0.4 is 0 Å². The van der Waals surface area contributed by atoms with Crippen molar-refractivity contribution in [1.29, 1.82) is 0 Å². The van der Waals surface area contributed by atoms with Gasteiger partial charge in [-0.25, -0.2) is 4.79 Å². The van der Waals surface area contributed by atoms with Crippen molar-refractivity contribution >= 4 is 11.9 Å². The molecule has 2 fully saturated rings. The first-order valence-electron chi connectivity index (χ1n) is 14.3. The number of ether oxygens (including phenoxy) is 5. The normalized spacial score (nSPS) is 35.0. The van der Waals surface area contributed by atoms with Gasteiger partial charge in [0.15, 0.2) is 0 Å². The molecular weight excluding hydrogens is 532 g/mol. The first-order valence-corrected chi connectivity index (χ1v) is 14.3. The molecule has 4 rings (SSSR count). The lowest BCUT2D eigenvalue weighted by Crippen LogP contribution is -2.65. The predicted molar refractivity (Wildman–Crippen MR) is 147 cm³/mol. The van der Waals surface area contributed by atoms with E-state index in [2.05, 4.69) is 6.92 Å². The van der Waals surface area contributed by atoms with Crippen LogP contribution in [0.5, 0.6) is 5.75 Å². The molecule has 3 N–H and O–H groups in total. The van der Waals surface area contributed by atoms with Crippen LogP contribution in [0.15, 0.2) is 36.1 Å². The Morgan fingerprint density at radius 3 is 2.54 bits per heavy atom. The fourth-order valence-electron chi connectivity index (χ4n) is 6.59. The molecule has 41 heavy (non-hydrogen) atoms. The van der Waals surface area contributed by atoms with Crippen molar-refractivity contribution in [2.75, 3.05) is 13.7 Å². The molecule has 3 aliphatic heterocycles. The smallest absolute Gasteiger partial charge is 0.334 e. The fourth-order valence-corrected chi connectivity index (χ4v) is 6.59. The van der Waals surface area contributed by atoms with Gasteiger partial charge < -0.3 is 39.0 Å². The van der Waals surface area contributed by atoms with Crippen molar-refractivity contribution in [1.82, 2.24) is 0 Å². The maximum atomic E-state index is 13.0. The molecule has 1 spiro atoms. The van der Waals surface area contributed by atoms with Gasteiger partial charge in [0.05, 0.1) is 37.7 Å². The minimum absolute atomic E-state index is 0.00783. The van der Waals surface area contributed by atoms with Gasteiger partial charge in [0.1, 0.15) is 29.3 Å². The number of benzene rings is 1. The van der Waals surface area contributed by atoms with Crippen LogP contribution in [-0.4, -0.2) is 70.7 Å². The van der Waals surface area contributed by atoms with E-state index in [1.165, 1.54) is 0 Å². The number of aliphatic hydroxyl groups excluding tert-OH is 1. The molecule has 0 amide bonds. The Bertz CT molecular complexity index is 1140. The van der Waals surface area contributed by atoms with E-state index in [4.69, 9.17) is 23.7 Å². The molecule has 10 nitrogen and oxygen atoms in total. The van der Waals surface area contributed by atoms with Gasteiger partial charge in [-0.05, 0) is 49.8 Å². The maximum Gasteiger partial charge on any atom is 0.334 e. The highest BCUT2D eigenvalue weighted by atomic mass is 16.7. The molecule has 228 valence electrons. The van der Waals surface area contributed by atoms with E-state index in [1.807, 2.05) is 26.8 Å². The Morgan fingerprint density at radius 1 is 1.15 bits per heavy atom. The number of fused-ring (bicyclic) bond motifs is 2. The zero-order chi connectivity index (χ0) is 30.2. The Hall–Kier alpha value is -2.66. The largest absolute Gasteiger partial charge is 0.508 e. The molecule has 1 aromatic rings. The molecular formula is C31H44O10. The van der Waals surface area contributed by atoms with Gasteiger partial charge in [-0.2, -0.15) is 0 Å². The summed E-state index contributed by atoms with van der Waals surface area (Å²) in [6, 6.07) is 7.00. The van der Waals surface area contributed by atoms with Crippen LogP contribution in [0.4, 0.5) is 0 Å². The van der Waals surface area contributed by atoms with Crippen molar-refractivity contribution in [3.8, 4) is 5.75 Å². The number of aliphatic hydroxyl groups is 2. The van der Waals surface area contributed by atoms with Crippen LogP contribution in [-0.2, 0) is 33.3 Å². The minimum atomic E-state index is -1.49. The molecule has 3 bridgehead atoms. The summed E-state index contributed by atoms with van der Waals surface area (Å²) in [4.78, 5) is 25.7. The average molecular weight is 577 g/mol. The van der Waals surface area contributed by atoms with E-state index in [1.54, 1.807) is 32.2 Å². The second-order valence-corrected chi connectivity index (χ2v) is 12.7. The number of aromatic hydroxyl groups is 1. The van der Waals surface area contributed by atoms with Gasteiger partial charge in [0, 0.05) is 18.4 Å². The topological polar surface area (TPSA) is 141 Å². The standard InChI is InChI=1S/C31H44O10/c1-18(10-11-23(37-6)20-8-7-9-21(33)12-20)28-19(2)24-15-31(41-28)29(3,4)17-30(5,36)25(40-31)14-27(35)38-22(16-32)13-26(34)39-24/h7-9,12,14,18-19,22-24,28,32-33,36H,10-11,13,15-17H2,1-6H3/t18-,19-,22+,23-,24-,28+,30-,31+/m0/s1. The van der Waals surface area contributed by atoms with Crippen molar-refractivity contribution in [3.05, 3.63) is 41.7 Å². The molecule has 3 aliphatic rings. The third-order valence-electron chi connectivity index (χ3n) is 8.91. The van der Waals surface area contributed by atoms with Crippen LogP contribution in [0.3, 0.4) is 0 Å². The number of phenolic OH excluding ortho intramolecular Hbond substituents is 1. The summed E-state index contributed by atoms with van der Waals surface area (Å²) >= 11 is 0. The lowest BCUT2D eigenvalue weighted by molar-refractivity contribution is -0.371. The van der Waals surface area contributed by atoms with Crippen molar-refractivity contribution < 1.29 is 48.6 Å². The summed E-state index contributed by atoms with van der Waals surface area (Å²) in [5.41, 5.74) is -1.36. The molecule has 0 aromatic heterocycles. The number of rotatable bonds is 7. The average Bonchev–Trinajstić information content (AvgIpc) is 2.88. The third kappa shape index (κ3) is 6.56. The number of phenols is 1. The van der Waals surface area contributed by atoms with Gasteiger partial charge >= 0.3 is 11.9 Å². The maximum absolute atomic E-state index is 13.0. The molecule has 3 heterocycles. The van der Waals surface area contributed by atoms with Crippen molar-refractivity contribution in [2.45, 2.75) is 103 Å². The van der Waals surface area contributed by atoms with Crippen LogP contribution in [0.1, 0.15) is 78.4 Å². The molecule has 2 saturated heterocycles. The van der Waals surface area contributed by atoms with E-state index in [9.17, 15) is 24.9 Å². The van der Waals surface area contributed by atoms with Crippen molar-refractivity contribution in [3.63, 3.8) is 0 Å². The Balaban J connectivity index is 1.67. The third-order valence-corrected chi connectivity index (χ3v) is 8.91. The highest BCUT2D eigenvalue weighted by Gasteiger charge is 2.63. The zero-order valence-corrected chi connectivity index (χ0v) is 24.8. The number of hydrogen-bond acceptors (Lipinski definition) is 10. The van der Waals surface area contributed by atoms with Crippen LogP contribution in [0, 0.1) is 17.3 Å². The summed E-state index contributed by atoms with van der Waals surface area (Å²) in [6.07, 6.45) is 0.212. The molecule has 0 aliphatic carbocycles. The number of esters is 2. The van der Waals surface area contributed by atoms with Gasteiger partial charge in [0.25, 0.3) is 0 Å². The monoisotopic (exact) mass is 576 g/mol. The van der Waals surface area contributed by atoms with E-state index < -0.39 is 53.7 Å². The SMILES string of the molecule is CO[C@@H](CC[C@H](C)[C@H]1O[C@@]23C[C@H](OC(=O)C[C@H](CO)OC(=O)C=C(O2)[C@@](C)(O)CC3(C)C)[C@@H]1C)c1cccc(O)c1. The minimum Gasteiger partial charge on any atom is -0.508 e. The summed E-state index contributed by atoms with van der Waals surface area (Å²) in [7, 11) is 1.64. The second kappa shape index (κ2) is 11.9. The quantitative estimate of drug-likeness (QED) is 0.409. The highest BCUT2D eigenvalue weighted by molar-refractivity contribution is 5.83. The summed E-state index contributed by atoms with van der Waals surface area (Å²) in [5.74, 6) is -2.81. The van der Waals surface area contributed by atoms with Crippen LogP contribution in [0.25, 0.3) is 0 Å². The van der Waals surface area contributed by atoms with Gasteiger partial charge in [-0.1, -0.05) is 39.8 Å². The summed E-state index contributed by atoms with van der Waals surface area (Å²) in [5, 5.41) is 31.0. The first-order chi connectivity index (χ1) is 19.2. The second-order valence-electron chi connectivity index (χ2n) is 12.7. The van der Waals surface area contributed by atoms with Gasteiger partial charge in [-0.15, -0.1) is 0 Å². The number of methoxy groups -OCH3 is 1. The number of hydrogen-bond donors (Lipinski definition) is 3. The summed E-state index contributed by atoms with van der Waals surface area (Å²) < 4.78 is 30.3. The molecule has 1 aromatic carbocycles. The molecule has 0 unspecified atom stereocenters. The molecule has 0 radical (unpaired) electrons. The van der Waals surface area contributed by atoms with Crippen LogP contribution >= 0.6 is 0 Å². The Kier molecular flexibility index (Phi) is 9.09. The fraction of sp³-hybridized carbons (Fsp3) is 0.677. The Morgan fingerprint density at radius 2 is 1.88 bits per heavy atom. The van der Waals surface area contributed by atoms with Crippen molar-refractivity contribution in [2.24, 2.45) is 17.3 Å². The zero-order valence-electron chi connectivity index (χ0n) is 24.8. The van der Waals surface area contributed by atoms with Gasteiger partial charge in [0.2, 0.25) is 5.79 Å². The van der Waals surface area contributed by atoms with Crippen LogP contribution in [0.2, 0.25) is 0 Å².